The van der Waals surface area contributed by atoms with Gasteiger partial charge in [0.15, 0.2) is 0 Å². The topological polar surface area (TPSA) is 99.3 Å². The highest BCUT2D eigenvalue weighted by Crippen LogP contribution is 2.30. The molecular weight excluding hydrogens is 332 g/mol. The number of carbonyl (C=O) groups is 3. The molecule has 0 saturated heterocycles. The second-order valence-electron chi connectivity index (χ2n) is 7.73. The van der Waals surface area contributed by atoms with Crippen molar-refractivity contribution in [2.75, 3.05) is 11.9 Å². The number of amides is 4. The smallest absolute Gasteiger partial charge is 0.315 e. The lowest BCUT2D eigenvalue weighted by Crippen LogP contribution is -2.47. The molecule has 0 radical (unpaired) electrons. The molecule has 1 atom stereocenters. The first-order valence-corrected chi connectivity index (χ1v) is 8.90. The van der Waals surface area contributed by atoms with Gasteiger partial charge < -0.3 is 21.3 Å². The molecule has 7 nitrogen and oxygen atoms in total. The summed E-state index contributed by atoms with van der Waals surface area (Å²) in [6.07, 6.45) is 1.93. The Labute approximate surface area is 154 Å². The van der Waals surface area contributed by atoms with Gasteiger partial charge in [-0.25, -0.2) is 4.79 Å². The van der Waals surface area contributed by atoms with E-state index in [1.54, 1.807) is 0 Å². The molecule has 1 saturated carbocycles. The van der Waals surface area contributed by atoms with E-state index in [4.69, 9.17) is 0 Å². The first-order chi connectivity index (χ1) is 12.1. The summed E-state index contributed by atoms with van der Waals surface area (Å²) in [6, 6.07) is 6.73. The van der Waals surface area contributed by atoms with Gasteiger partial charge >= 0.3 is 6.03 Å². The van der Waals surface area contributed by atoms with Gasteiger partial charge in [0.25, 0.3) is 0 Å². The van der Waals surface area contributed by atoms with Crippen molar-refractivity contribution < 1.29 is 14.4 Å². The lowest BCUT2D eigenvalue weighted by atomic mass is 10.1. The third-order valence-corrected chi connectivity index (χ3v) is 3.90. The first kappa shape index (κ1) is 19.8. The van der Waals surface area contributed by atoms with Crippen molar-refractivity contribution in [1.29, 1.82) is 0 Å². The fraction of sp³-hybridized carbons (Fsp3) is 0.526. The zero-order valence-electron chi connectivity index (χ0n) is 15.8. The van der Waals surface area contributed by atoms with Gasteiger partial charge in [-0.15, -0.1) is 0 Å². The molecule has 4 amide bonds. The number of nitrogens with one attached hydrogen (secondary N) is 4. The lowest BCUT2D eigenvalue weighted by Gasteiger charge is -2.21. The van der Waals surface area contributed by atoms with Crippen molar-refractivity contribution >= 4 is 23.5 Å². The highest BCUT2D eigenvalue weighted by Gasteiger charge is 2.29. The third-order valence-electron chi connectivity index (χ3n) is 3.90. The molecule has 1 aliphatic rings. The van der Waals surface area contributed by atoms with Crippen molar-refractivity contribution in [2.24, 2.45) is 5.92 Å². The molecule has 0 aliphatic heterocycles. The van der Waals surface area contributed by atoms with Crippen molar-refractivity contribution in [3.05, 3.63) is 29.8 Å². The van der Waals surface area contributed by atoms with Gasteiger partial charge in [-0.05, 0) is 58.2 Å². The van der Waals surface area contributed by atoms with Crippen molar-refractivity contribution in [3.63, 3.8) is 0 Å². The lowest BCUT2D eigenvalue weighted by molar-refractivity contribution is -0.121. The molecule has 1 aromatic rings. The zero-order valence-corrected chi connectivity index (χ0v) is 15.8. The van der Waals surface area contributed by atoms with Crippen molar-refractivity contribution in [3.8, 4) is 0 Å². The monoisotopic (exact) mass is 360 g/mol. The van der Waals surface area contributed by atoms with E-state index in [1.165, 1.54) is 0 Å². The molecular formula is C19H28N4O3. The van der Waals surface area contributed by atoms with E-state index in [1.807, 2.05) is 52.0 Å². The van der Waals surface area contributed by atoms with Crippen LogP contribution in [0.25, 0.3) is 0 Å². The van der Waals surface area contributed by atoms with Crippen LogP contribution < -0.4 is 21.3 Å². The summed E-state index contributed by atoms with van der Waals surface area (Å²) in [5.74, 6) is -0.0117. The number of rotatable bonds is 6. The molecule has 1 fully saturated rings. The Balaban J connectivity index is 1.77. The van der Waals surface area contributed by atoms with Gasteiger partial charge in [0.05, 0.1) is 12.6 Å². The molecule has 0 bridgehead atoms. The molecule has 26 heavy (non-hydrogen) atoms. The van der Waals surface area contributed by atoms with Crippen LogP contribution in [0.5, 0.6) is 0 Å². The maximum absolute atomic E-state index is 11.9. The first-order valence-electron chi connectivity index (χ1n) is 8.90. The number of anilines is 1. The molecule has 2 rings (SSSR count). The highest BCUT2D eigenvalue weighted by molar-refractivity contribution is 5.94. The Bertz CT molecular complexity index is 660. The van der Waals surface area contributed by atoms with Gasteiger partial charge in [-0.1, -0.05) is 12.1 Å². The SMILES string of the molecule is C[C@H](NC(=O)NCC(=O)NC(C)(C)C)c1ccc(NC(=O)C2CC2)cc1. The zero-order chi connectivity index (χ0) is 19.3. The predicted octanol–water partition coefficient (Wildman–Crippen LogP) is 2.31. The summed E-state index contributed by atoms with van der Waals surface area (Å²) < 4.78 is 0. The maximum atomic E-state index is 11.9. The van der Waals surface area contributed by atoms with Crippen LogP contribution in [0.3, 0.4) is 0 Å². The molecule has 1 aromatic carbocycles. The minimum absolute atomic E-state index is 0.0665. The van der Waals surface area contributed by atoms with E-state index >= 15 is 0 Å². The highest BCUT2D eigenvalue weighted by atomic mass is 16.2. The fourth-order valence-electron chi connectivity index (χ4n) is 2.40. The van der Waals surface area contributed by atoms with Gasteiger partial charge in [-0.2, -0.15) is 0 Å². The van der Waals surface area contributed by atoms with Crippen LogP contribution in [-0.4, -0.2) is 29.9 Å². The minimum Gasteiger partial charge on any atom is -0.350 e. The molecule has 7 heteroatoms. The second kappa shape index (κ2) is 8.21. The summed E-state index contributed by atoms with van der Waals surface area (Å²) >= 11 is 0. The summed E-state index contributed by atoms with van der Waals surface area (Å²) in [5.41, 5.74) is 1.32. The number of carbonyl (C=O) groups excluding carboxylic acids is 3. The summed E-state index contributed by atoms with van der Waals surface area (Å²) in [5, 5.41) is 11.0. The van der Waals surface area contributed by atoms with Crippen LogP contribution in [0.2, 0.25) is 0 Å². The molecule has 0 unspecified atom stereocenters. The molecule has 1 aliphatic carbocycles. The minimum atomic E-state index is -0.410. The van der Waals surface area contributed by atoms with Crippen LogP contribution >= 0.6 is 0 Å². The molecule has 0 heterocycles. The largest absolute Gasteiger partial charge is 0.350 e. The Hall–Kier alpha value is -2.57. The number of hydrogen-bond donors (Lipinski definition) is 4. The van der Waals surface area contributed by atoms with Crippen molar-refractivity contribution in [2.45, 2.75) is 52.1 Å². The molecule has 0 aromatic heterocycles. The van der Waals surface area contributed by atoms with E-state index in [0.717, 1.165) is 24.1 Å². The quantitative estimate of drug-likeness (QED) is 0.626. The van der Waals surface area contributed by atoms with Crippen LogP contribution in [-0.2, 0) is 9.59 Å². The van der Waals surface area contributed by atoms with E-state index in [9.17, 15) is 14.4 Å². The summed E-state index contributed by atoms with van der Waals surface area (Å²) in [6.45, 7) is 7.41. The third kappa shape index (κ3) is 6.74. The summed E-state index contributed by atoms with van der Waals surface area (Å²) in [4.78, 5) is 35.4. The van der Waals surface area contributed by atoms with Crippen LogP contribution in [0.1, 0.15) is 52.1 Å². The number of urea groups is 1. The maximum Gasteiger partial charge on any atom is 0.315 e. The van der Waals surface area contributed by atoms with Crippen LogP contribution in [0.4, 0.5) is 10.5 Å². The van der Waals surface area contributed by atoms with E-state index < -0.39 is 6.03 Å². The van der Waals surface area contributed by atoms with Gasteiger partial charge in [0, 0.05) is 17.1 Å². The standard InChI is InChI=1S/C19H28N4O3/c1-12(21-18(26)20-11-16(24)23-19(2,3)4)13-7-9-15(10-8-13)22-17(25)14-5-6-14/h7-10,12,14H,5-6,11H2,1-4H3,(H,22,25)(H,23,24)(H2,20,21,26)/t12-/m0/s1. The average molecular weight is 360 g/mol. The van der Waals surface area contributed by atoms with Crippen LogP contribution in [0, 0.1) is 5.92 Å². The molecule has 142 valence electrons. The number of benzene rings is 1. The van der Waals surface area contributed by atoms with Gasteiger partial charge in [-0.3, -0.25) is 9.59 Å². The fourth-order valence-corrected chi connectivity index (χ4v) is 2.40. The van der Waals surface area contributed by atoms with Gasteiger partial charge in [0.2, 0.25) is 11.8 Å². The van der Waals surface area contributed by atoms with Crippen molar-refractivity contribution in [1.82, 2.24) is 16.0 Å². The Kier molecular flexibility index (Phi) is 6.23. The Morgan fingerprint density at radius 3 is 2.27 bits per heavy atom. The van der Waals surface area contributed by atoms with Gasteiger partial charge in [0.1, 0.15) is 0 Å². The van der Waals surface area contributed by atoms with E-state index in [-0.39, 0.29) is 35.9 Å². The van der Waals surface area contributed by atoms with E-state index in [2.05, 4.69) is 21.3 Å². The van der Waals surface area contributed by atoms with Crippen LogP contribution in [0.15, 0.2) is 24.3 Å². The summed E-state index contributed by atoms with van der Waals surface area (Å²) in [7, 11) is 0. The number of hydrogen-bond acceptors (Lipinski definition) is 3. The molecule has 0 spiro atoms. The average Bonchev–Trinajstić information content (AvgIpc) is 3.37. The Morgan fingerprint density at radius 1 is 1.12 bits per heavy atom. The van der Waals surface area contributed by atoms with E-state index in [0.29, 0.717) is 0 Å². The predicted molar refractivity (Wildman–Crippen MR) is 101 cm³/mol. The normalized spacial score (nSPS) is 14.9. The molecule has 4 N–H and O–H groups in total. The second-order valence-corrected chi connectivity index (χ2v) is 7.73. The Morgan fingerprint density at radius 2 is 1.73 bits per heavy atom.